The average Bonchev–Trinajstić information content (AvgIpc) is 2.85. The molecule has 7 nitrogen and oxygen atoms in total. The molecule has 118 valence electrons. The maximum absolute atomic E-state index is 12.1. The summed E-state index contributed by atoms with van der Waals surface area (Å²) in [5.41, 5.74) is 1.78. The first-order valence-electron chi connectivity index (χ1n) is 7.43. The van der Waals surface area contributed by atoms with Crippen molar-refractivity contribution in [3.63, 3.8) is 0 Å². The maximum atomic E-state index is 12.1. The fourth-order valence-electron chi connectivity index (χ4n) is 2.97. The fraction of sp³-hybridized carbons (Fsp3) is 0.600. The molecule has 1 aromatic heterocycles. The first-order valence-corrected chi connectivity index (χ1v) is 7.43. The van der Waals surface area contributed by atoms with Crippen LogP contribution in [0.5, 0.6) is 0 Å². The average molecular weight is 305 g/mol. The predicted octanol–water partition coefficient (Wildman–Crippen LogP) is 1.87. The zero-order valence-corrected chi connectivity index (χ0v) is 12.5. The molecule has 0 saturated carbocycles. The SMILES string of the molecule is CCOC(=O)c1nn(CCC#N)c2c1C(CC(=O)O)CCC2. The molecule has 1 heterocycles. The van der Waals surface area contributed by atoms with Gasteiger partial charge in [0.25, 0.3) is 0 Å². The molecule has 0 bridgehead atoms. The van der Waals surface area contributed by atoms with Crippen molar-refractivity contribution in [1.29, 1.82) is 5.26 Å². The van der Waals surface area contributed by atoms with E-state index in [9.17, 15) is 9.59 Å². The number of carbonyl (C=O) groups excluding carboxylic acids is 1. The molecule has 0 aromatic carbocycles. The van der Waals surface area contributed by atoms with Crippen molar-refractivity contribution in [2.45, 2.75) is 51.5 Å². The first kappa shape index (κ1) is 16.0. The number of ether oxygens (including phenoxy) is 1. The summed E-state index contributed by atoms with van der Waals surface area (Å²) < 4.78 is 6.70. The van der Waals surface area contributed by atoms with Gasteiger partial charge in [0.1, 0.15) is 0 Å². The molecule has 0 aliphatic heterocycles. The number of fused-ring (bicyclic) bond motifs is 1. The molecule has 1 atom stereocenters. The highest BCUT2D eigenvalue weighted by atomic mass is 16.5. The number of esters is 1. The van der Waals surface area contributed by atoms with Gasteiger partial charge in [-0.25, -0.2) is 4.79 Å². The molecule has 0 spiro atoms. The number of rotatable bonds is 6. The Bertz CT molecular complexity index is 615. The Hall–Kier alpha value is -2.36. The third-order valence-corrected chi connectivity index (χ3v) is 3.80. The number of nitriles is 1. The second kappa shape index (κ2) is 7.07. The lowest BCUT2D eigenvalue weighted by atomic mass is 9.83. The number of carboxylic acids is 1. The number of aliphatic carboxylic acids is 1. The van der Waals surface area contributed by atoms with Gasteiger partial charge in [0, 0.05) is 11.3 Å². The van der Waals surface area contributed by atoms with Gasteiger partial charge in [-0.15, -0.1) is 0 Å². The zero-order chi connectivity index (χ0) is 16.1. The lowest BCUT2D eigenvalue weighted by molar-refractivity contribution is -0.137. The van der Waals surface area contributed by atoms with Crippen molar-refractivity contribution in [3.05, 3.63) is 17.0 Å². The van der Waals surface area contributed by atoms with E-state index in [-0.39, 0.29) is 24.6 Å². The number of aryl methyl sites for hydroxylation is 1. The van der Waals surface area contributed by atoms with Crippen LogP contribution in [0.4, 0.5) is 0 Å². The van der Waals surface area contributed by atoms with Gasteiger partial charge in [0.2, 0.25) is 0 Å². The largest absolute Gasteiger partial charge is 0.481 e. The molecule has 1 unspecified atom stereocenters. The van der Waals surface area contributed by atoms with Crippen molar-refractivity contribution in [1.82, 2.24) is 9.78 Å². The van der Waals surface area contributed by atoms with Crippen molar-refractivity contribution < 1.29 is 19.4 Å². The molecule has 1 aliphatic carbocycles. The second-order valence-corrected chi connectivity index (χ2v) is 5.25. The Morgan fingerprint density at radius 2 is 2.32 bits per heavy atom. The third-order valence-electron chi connectivity index (χ3n) is 3.80. The molecule has 1 aliphatic rings. The maximum Gasteiger partial charge on any atom is 0.359 e. The second-order valence-electron chi connectivity index (χ2n) is 5.25. The van der Waals surface area contributed by atoms with Crippen LogP contribution in [-0.4, -0.2) is 33.4 Å². The summed E-state index contributed by atoms with van der Waals surface area (Å²) in [7, 11) is 0. The lowest BCUT2D eigenvalue weighted by Crippen LogP contribution is -2.17. The minimum absolute atomic E-state index is 0.0245. The molecule has 0 amide bonds. The van der Waals surface area contributed by atoms with E-state index in [2.05, 4.69) is 11.2 Å². The van der Waals surface area contributed by atoms with Gasteiger partial charge < -0.3 is 9.84 Å². The summed E-state index contributed by atoms with van der Waals surface area (Å²) in [6.45, 7) is 2.35. The minimum Gasteiger partial charge on any atom is -0.481 e. The molecular formula is C15H19N3O4. The van der Waals surface area contributed by atoms with Crippen molar-refractivity contribution in [2.24, 2.45) is 0 Å². The van der Waals surface area contributed by atoms with Crippen molar-refractivity contribution in [3.8, 4) is 6.07 Å². The van der Waals surface area contributed by atoms with Gasteiger partial charge in [-0.05, 0) is 32.1 Å². The highest BCUT2D eigenvalue weighted by Crippen LogP contribution is 2.36. The minimum atomic E-state index is -0.891. The van der Waals surface area contributed by atoms with E-state index in [1.54, 1.807) is 11.6 Å². The van der Waals surface area contributed by atoms with Crippen LogP contribution in [-0.2, 0) is 22.5 Å². The van der Waals surface area contributed by atoms with Crippen LogP contribution in [0.25, 0.3) is 0 Å². The van der Waals surface area contributed by atoms with Crippen LogP contribution < -0.4 is 0 Å². The van der Waals surface area contributed by atoms with Gasteiger partial charge in [-0.3, -0.25) is 9.48 Å². The predicted molar refractivity (Wildman–Crippen MR) is 76.3 cm³/mol. The van der Waals surface area contributed by atoms with E-state index in [4.69, 9.17) is 15.1 Å². The topological polar surface area (TPSA) is 105 Å². The molecule has 2 rings (SSSR count). The number of hydrogen-bond donors (Lipinski definition) is 1. The molecule has 0 saturated heterocycles. The van der Waals surface area contributed by atoms with Crippen LogP contribution in [0.15, 0.2) is 0 Å². The molecule has 22 heavy (non-hydrogen) atoms. The first-order chi connectivity index (χ1) is 10.6. The third kappa shape index (κ3) is 3.27. The summed E-state index contributed by atoms with van der Waals surface area (Å²) in [4.78, 5) is 23.2. The lowest BCUT2D eigenvalue weighted by Gasteiger charge is -2.22. The molecule has 0 fully saturated rings. The number of carbonyl (C=O) groups is 2. The van der Waals surface area contributed by atoms with Gasteiger partial charge in [-0.2, -0.15) is 10.4 Å². The van der Waals surface area contributed by atoms with E-state index in [0.29, 0.717) is 18.5 Å². The molecule has 0 radical (unpaired) electrons. The molecule has 1 N–H and O–H groups in total. The van der Waals surface area contributed by atoms with Crippen LogP contribution in [0.2, 0.25) is 0 Å². The normalized spacial score (nSPS) is 16.6. The Balaban J connectivity index is 2.44. The summed E-state index contributed by atoms with van der Waals surface area (Å²) in [5, 5.41) is 22.1. The Morgan fingerprint density at radius 3 is 2.95 bits per heavy atom. The fourth-order valence-corrected chi connectivity index (χ4v) is 2.97. The highest BCUT2D eigenvalue weighted by Gasteiger charge is 2.33. The smallest absolute Gasteiger partial charge is 0.359 e. The van der Waals surface area contributed by atoms with Gasteiger partial charge >= 0.3 is 11.9 Å². The summed E-state index contributed by atoms with van der Waals surface area (Å²) in [5.74, 6) is -1.64. The van der Waals surface area contributed by atoms with E-state index in [1.165, 1.54) is 0 Å². The van der Waals surface area contributed by atoms with Crippen molar-refractivity contribution >= 4 is 11.9 Å². The van der Waals surface area contributed by atoms with Gasteiger partial charge in [0.15, 0.2) is 5.69 Å². The van der Waals surface area contributed by atoms with Crippen LogP contribution >= 0.6 is 0 Å². The van der Waals surface area contributed by atoms with Crippen molar-refractivity contribution in [2.75, 3.05) is 6.61 Å². The van der Waals surface area contributed by atoms with E-state index >= 15 is 0 Å². The van der Waals surface area contributed by atoms with E-state index < -0.39 is 11.9 Å². The summed E-state index contributed by atoms with van der Waals surface area (Å²) in [6, 6.07) is 2.06. The number of nitrogens with zero attached hydrogens (tertiary/aromatic N) is 3. The molecular weight excluding hydrogens is 286 g/mol. The molecule has 1 aromatic rings. The van der Waals surface area contributed by atoms with Crippen LogP contribution in [0.3, 0.4) is 0 Å². The van der Waals surface area contributed by atoms with Crippen LogP contribution in [0, 0.1) is 11.3 Å². The monoisotopic (exact) mass is 305 g/mol. The Morgan fingerprint density at radius 1 is 1.55 bits per heavy atom. The Labute approximate surface area is 128 Å². The summed E-state index contributed by atoms with van der Waals surface area (Å²) in [6.07, 6.45) is 2.58. The van der Waals surface area contributed by atoms with E-state index in [1.807, 2.05) is 0 Å². The standard InChI is InChI=1S/C15H19N3O4/c1-2-22-15(21)14-13-10(9-12(19)20)5-3-6-11(13)18(17-14)8-4-7-16/h10H,2-6,8-9H2,1H3,(H,19,20). The number of aromatic nitrogens is 2. The molecule has 7 heteroatoms. The Kier molecular flexibility index (Phi) is 5.15. The van der Waals surface area contributed by atoms with Gasteiger partial charge in [0.05, 0.1) is 32.1 Å². The zero-order valence-electron chi connectivity index (χ0n) is 12.5. The summed E-state index contributed by atoms with van der Waals surface area (Å²) >= 11 is 0. The highest BCUT2D eigenvalue weighted by molar-refractivity contribution is 5.90. The van der Waals surface area contributed by atoms with Crippen LogP contribution in [0.1, 0.15) is 60.3 Å². The van der Waals surface area contributed by atoms with Gasteiger partial charge in [-0.1, -0.05) is 0 Å². The van der Waals surface area contributed by atoms with E-state index in [0.717, 1.165) is 25.0 Å². The quantitative estimate of drug-likeness (QED) is 0.804. The number of hydrogen-bond acceptors (Lipinski definition) is 5. The number of carboxylic acid groups (broad SMARTS) is 1.